The van der Waals surface area contributed by atoms with Gasteiger partial charge in [-0.25, -0.2) is 43.3 Å². The molecular formula is C15H26N5O16P3. The zero-order valence-corrected chi connectivity index (χ0v) is 23.6. The van der Waals surface area contributed by atoms with Gasteiger partial charge in [-0.1, -0.05) is 0 Å². The van der Waals surface area contributed by atoms with E-state index in [1.807, 2.05) is 0 Å². The van der Waals surface area contributed by atoms with E-state index >= 15 is 0 Å². The Morgan fingerprint density at radius 1 is 0.923 bits per heavy atom. The van der Waals surface area contributed by atoms with Gasteiger partial charge in [0, 0.05) is 14.2 Å². The minimum atomic E-state index is -5.38. The molecule has 0 aromatic carbocycles. The van der Waals surface area contributed by atoms with Gasteiger partial charge in [0.05, 0.1) is 34.3 Å². The van der Waals surface area contributed by atoms with E-state index in [2.05, 4.69) is 52.3 Å². The number of rotatable bonds is 16. The third kappa shape index (κ3) is 7.63. The molecule has 0 amide bonds. The molecule has 2 aromatic rings. The SMILES string of the molecule is COOP(=O)(O)OP(=O)(OOC)OP(=O)(OCC1OC(n2cnc3c(N)ncnc32)C(OC)C1OC)OOC. The molecule has 3 rings (SSSR count). The van der Waals surface area contributed by atoms with Crippen molar-refractivity contribution in [2.45, 2.75) is 24.5 Å². The molecule has 1 aliphatic heterocycles. The molecule has 0 saturated carbocycles. The van der Waals surface area contributed by atoms with Crippen molar-refractivity contribution < 1.29 is 74.6 Å². The predicted octanol–water partition coefficient (Wildman–Crippen LogP) is 1.44. The summed E-state index contributed by atoms with van der Waals surface area (Å²) < 4.78 is 83.3. The summed E-state index contributed by atoms with van der Waals surface area (Å²) in [4.78, 5) is 34.4. The van der Waals surface area contributed by atoms with Crippen molar-refractivity contribution in [3.63, 3.8) is 0 Å². The van der Waals surface area contributed by atoms with Crippen LogP contribution in [-0.2, 0) is 69.7 Å². The number of ether oxygens (including phenoxy) is 3. The monoisotopic (exact) mass is 625 g/mol. The molecule has 0 spiro atoms. The molecule has 3 heterocycles. The van der Waals surface area contributed by atoms with Gasteiger partial charge in [0.2, 0.25) is 0 Å². The van der Waals surface area contributed by atoms with Crippen molar-refractivity contribution in [2.24, 2.45) is 0 Å². The highest BCUT2D eigenvalue weighted by molar-refractivity contribution is 7.67. The molecule has 39 heavy (non-hydrogen) atoms. The number of nitrogen functional groups attached to an aromatic ring is 1. The topological polar surface area (TPSA) is 252 Å². The molecule has 21 nitrogen and oxygen atoms in total. The first-order valence-electron chi connectivity index (χ1n) is 10.4. The number of hydrogen-bond donors (Lipinski definition) is 2. The lowest BCUT2D eigenvalue weighted by molar-refractivity contribution is -0.215. The van der Waals surface area contributed by atoms with E-state index in [1.165, 1.54) is 31.4 Å². The average molecular weight is 625 g/mol. The first kappa shape index (κ1) is 32.0. The lowest BCUT2D eigenvalue weighted by Crippen LogP contribution is -2.37. The third-order valence-corrected chi connectivity index (χ3v) is 9.48. The molecule has 0 bridgehead atoms. The minimum Gasteiger partial charge on any atom is -0.382 e. The summed E-state index contributed by atoms with van der Waals surface area (Å²) >= 11 is 0. The number of hydrogen-bond acceptors (Lipinski definition) is 19. The summed E-state index contributed by atoms with van der Waals surface area (Å²) in [5, 5.41) is 0. The van der Waals surface area contributed by atoms with Gasteiger partial charge in [0.1, 0.15) is 30.2 Å². The number of methoxy groups -OCH3 is 2. The number of phosphoric acid groups is 3. The lowest BCUT2D eigenvalue weighted by atomic mass is 10.1. The highest BCUT2D eigenvalue weighted by Gasteiger charge is 2.51. The second-order valence-corrected chi connectivity index (χ2v) is 11.8. The highest BCUT2D eigenvalue weighted by atomic mass is 31.3. The summed E-state index contributed by atoms with van der Waals surface area (Å²) in [6, 6.07) is 0. The first-order chi connectivity index (χ1) is 18.4. The van der Waals surface area contributed by atoms with E-state index in [4.69, 9.17) is 24.5 Å². The lowest BCUT2D eigenvalue weighted by Gasteiger charge is -2.24. The molecule has 1 fully saturated rings. The van der Waals surface area contributed by atoms with Crippen molar-refractivity contribution in [2.75, 3.05) is 47.9 Å². The Kier molecular flexibility index (Phi) is 11.1. The number of aromatic nitrogens is 4. The molecule has 0 radical (unpaired) electrons. The van der Waals surface area contributed by atoms with Gasteiger partial charge >= 0.3 is 23.5 Å². The summed E-state index contributed by atoms with van der Waals surface area (Å²) in [5.41, 5.74) is 6.48. The number of nitrogens with two attached hydrogens (primary N) is 1. The Morgan fingerprint density at radius 2 is 1.56 bits per heavy atom. The maximum atomic E-state index is 13.2. The van der Waals surface area contributed by atoms with Crippen LogP contribution in [-0.4, -0.2) is 84.9 Å². The number of fused-ring (bicyclic) bond motifs is 1. The molecule has 2 aromatic heterocycles. The van der Waals surface area contributed by atoms with Gasteiger partial charge in [-0.2, -0.15) is 8.62 Å². The smallest absolute Gasteiger partial charge is 0.382 e. The Hall–Kier alpha value is -1.48. The number of imidazole rings is 1. The Morgan fingerprint density at radius 3 is 2.18 bits per heavy atom. The first-order valence-corrected chi connectivity index (χ1v) is 14.8. The molecule has 1 aliphatic rings. The molecular weight excluding hydrogens is 599 g/mol. The molecule has 1 saturated heterocycles. The second kappa shape index (κ2) is 13.5. The van der Waals surface area contributed by atoms with Gasteiger partial charge in [0.15, 0.2) is 17.7 Å². The number of nitrogens with zero attached hydrogens (tertiary/aromatic N) is 4. The fourth-order valence-corrected chi connectivity index (χ4v) is 7.39. The summed E-state index contributed by atoms with van der Waals surface area (Å²) in [6.45, 7) is -0.641. The predicted molar refractivity (Wildman–Crippen MR) is 123 cm³/mol. The zero-order valence-electron chi connectivity index (χ0n) is 20.9. The maximum Gasteiger partial charge on any atom is 0.520 e. The molecule has 0 aliphatic carbocycles. The van der Waals surface area contributed by atoms with Crippen molar-refractivity contribution >= 4 is 40.4 Å². The highest BCUT2D eigenvalue weighted by Crippen LogP contribution is 2.72. The molecule has 24 heteroatoms. The van der Waals surface area contributed by atoms with Gasteiger partial charge in [-0.05, 0) is 0 Å². The van der Waals surface area contributed by atoms with Crippen LogP contribution in [0.3, 0.4) is 0 Å². The van der Waals surface area contributed by atoms with Crippen LogP contribution in [0, 0.1) is 0 Å². The molecule has 222 valence electrons. The van der Waals surface area contributed by atoms with Crippen molar-refractivity contribution in [1.82, 2.24) is 19.5 Å². The Balaban J connectivity index is 1.83. The maximum absolute atomic E-state index is 13.2. The van der Waals surface area contributed by atoms with Crippen molar-refractivity contribution in [3.05, 3.63) is 12.7 Å². The van der Waals surface area contributed by atoms with Crippen LogP contribution in [0.4, 0.5) is 5.82 Å². The van der Waals surface area contributed by atoms with Crippen LogP contribution >= 0.6 is 23.5 Å². The van der Waals surface area contributed by atoms with Crippen LogP contribution in [0.2, 0.25) is 0 Å². The van der Waals surface area contributed by atoms with E-state index in [-0.39, 0.29) is 5.82 Å². The summed E-state index contributed by atoms with van der Waals surface area (Å²) in [7, 11) is -10.4. The fourth-order valence-electron chi connectivity index (χ4n) is 3.46. The number of anilines is 1. The van der Waals surface area contributed by atoms with E-state index < -0.39 is 54.6 Å². The van der Waals surface area contributed by atoms with Crippen LogP contribution in [0.15, 0.2) is 12.7 Å². The van der Waals surface area contributed by atoms with Crippen molar-refractivity contribution in [3.8, 4) is 0 Å². The molecule has 3 N–H and O–H groups in total. The van der Waals surface area contributed by atoms with E-state index in [1.54, 1.807) is 0 Å². The normalized spacial score (nSPS) is 26.3. The van der Waals surface area contributed by atoms with Crippen LogP contribution in [0.1, 0.15) is 6.23 Å². The molecule has 7 atom stereocenters. The zero-order chi connectivity index (χ0) is 28.8. The molecule has 7 unspecified atom stereocenters. The average Bonchev–Trinajstić information content (AvgIpc) is 3.43. The summed E-state index contributed by atoms with van der Waals surface area (Å²) in [5.74, 6) is 0.136. The van der Waals surface area contributed by atoms with Gasteiger partial charge in [-0.15, -0.1) is 14.0 Å². The standard InChI is InChI=1S/C15H26N5O16P3/c1-25-11-9(31-15(12(11)26-2)20-8-19-10-13(16)17-7-18-14(10)20)6-30-38(23,33-28-4)36-39(24,34-29-5)35-37(21,22)32-27-3/h7-9,11-12,15H,6H2,1-5H3,(H,21,22)(H2,16,17,18). The van der Waals surface area contributed by atoms with Crippen LogP contribution < -0.4 is 5.73 Å². The quantitative estimate of drug-likeness (QED) is 0.152. The van der Waals surface area contributed by atoms with Crippen molar-refractivity contribution in [1.29, 1.82) is 0 Å². The second-order valence-electron chi connectivity index (χ2n) is 7.09. The van der Waals surface area contributed by atoms with E-state index in [9.17, 15) is 18.6 Å². The van der Waals surface area contributed by atoms with Gasteiger partial charge < -0.3 is 24.8 Å². The summed E-state index contributed by atoms with van der Waals surface area (Å²) in [6.07, 6.45) is -0.980. The van der Waals surface area contributed by atoms with E-state index in [0.29, 0.717) is 11.2 Å². The largest absolute Gasteiger partial charge is 0.520 e. The Labute approximate surface area is 220 Å². The van der Waals surface area contributed by atoms with E-state index in [0.717, 1.165) is 21.3 Å². The van der Waals surface area contributed by atoms with Crippen LogP contribution in [0.5, 0.6) is 0 Å². The third-order valence-electron chi connectivity index (χ3n) is 4.79. The fraction of sp³-hybridized carbons (Fsp3) is 0.667. The Bertz CT molecular complexity index is 1250. The van der Waals surface area contributed by atoms with Gasteiger partial charge in [0.25, 0.3) is 0 Å². The minimum absolute atomic E-state index is 0.136. The van der Waals surface area contributed by atoms with Gasteiger partial charge in [-0.3, -0.25) is 9.09 Å². The van der Waals surface area contributed by atoms with Crippen LogP contribution in [0.25, 0.3) is 11.2 Å².